The summed E-state index contributed by atoms with van der Waals surface area (Å²) in [6.45, 7) is 2.09. The van der Waals surface area contributed by atoms with Crippen molar-refractivity contribution < 1.29 is 8.78 Å². The van der Waals surface area contributed by atoms with Crippen molar-refractivity contribution in [2.75, 3.05) is 5.73 Å². The Hall–Kier alpha value is -1.65. The monoisotopic (exact) mass is 265 g/mol. The first-order chi connectivity index (χ1) is 9.01. The van der Waals surface area contributed by atoms with Crippen molar-refractivity contribution in [1.82, 2.24) is 9.55 Å². The van der Waals surface area contributed by atoms with Gasteiger partial charge in [0.05, 0.1) is 5.52 Å². The minimum absolute atomic E-state index is 0.158. The van der Waals surface area contributed by atoms with Gasteiger partial charge in [-0.15, -0.1) is 0 Å². The van der Waals surface area contributed by atoms with E-state index in [1.165, 1.54) is 12.5 Å². The fourth-order valence-corrected chi connectivity index (χ4v) is 3.23. The van der Waals surface area contributed by atoms with Crippen LogP contribution in [0.1, 0.15) is 39.0 Å². The number of aromatic nitrogens is 2. The number of imidazole rings is 1. The SMILES string of the molecule is CC1(n2c(N)nc3c(F)cc(F)cc32)CCCCC1. The lowest BCUT2D eigenvalue weighted by Gasteiger charge is -2.36. The summed E-state index contributed by atoms with van der Waals surface area (Å²) in [7, 11) is 0. The van der Waals surface area contributed by atoms with Gasteiger partial charge in [0.25, 0.3) is 0 Å². The number of benzene rings is 1. The van der Waals surface area contributed by atoms with Gasteiger partial charge in [-0.2, -0.15) is 0 Å². The van der Waals surface area contributed by atoms with Crippen LogP contribution in [0.15, 0.2) is 12.1 Å². The van der Waals surface area contributed by atoms with Gasteiger partial charge in [-0.3, -0.25) is 0 Å². The molecule has 1 fully saturated rings. The summed E-state index contributed by atoms with van der Waals surface area (Å²) in [5.41, 5.74) is 6.37. The third-order valence-corrected chi connectivity index (χ3v) is 4.17. The van der Waals surface area contributed by atoms with Gasteiger partial charge in [0, 0.05) is 17.7 Å². The highest BCUT2D eigenvalue weighted by Crippen LogP contribution is 2.39. The summed E-state index contributed by atoms with van der Waals surface area (Å²) < 4.78 is 29.0. The molecule has 102 valence electrons. The van der Waals surface area contributed by atoms with E-state index in [-0.39, 0.29) is 17.0 Å². The fourth-order valence-electron chi connectivity index (χ4n) is 3.23. The molecule has 1 heterocycles. The molecule has 2 N–H and O–H groups in total. The highest BCUT2D eigenvalue weighted by Gasteiger charge is 2.32. The van der Waals surface area contributed by atoms with Crippen molar-refractivity contribution >= 4 is 17.0 Å². The van der Waals surface area contributed by atoms with Gasteiger partial charge < -0.3 is 10.3 Å². The van der Waals surface area contributed by atoms with E-state index in [4.69, 9.17) is 5.73 Å². The van der Waals surface area contributed by atoms with Gasteiger partial charge >= 0.3 is 0 Å². The first kappa shape index (κ1) is 12.4. The first-order valence-electron chi connectivity index (χ1n) is 6.65. The van der Waals surface area contributed by atoms with E-state index in [1.807, 2.05) is 4.57 Å². The summed E-state index contributed by atoms with van der Waals surface area (Å²) in [6.07, 6.45) is 5.33. The van der Waals surface area contributed by atoms with Crippen LogP contribution in [0.5, 0.6) is 0 Å². The smallest absolute Gasteiger partial charge is 0.201 e. The van der Waals surface area contributed by atoms with Gasteiger partial charge in [0.1, 0.15) is 11.3 Å². The maximum absolute atomic E-state index is 13.8. The van der Waals surface area contributed by atoms with Gasteiger partial charge in [-0.25, -0.2) is 13.8 Å². The Morgan fingerprint density at radius 3 is 2.58 bits per heavy atom. The van der Waals surface area contributed by atoms with Crippen LogP contribution in [0.2, 0.25) is 0 Å². The lowest BCUT2D eigenvalue weighted by Crippen LogP contribution is -2.33. The molecule has 1 aliphatic rings. The number of fused-ring (bicyclic) bond motifs is 1. The van der Waals surface area contributed by atoms with E-state index in [0.717, 1.165) is 31.7 Å². The molecule has 0 atom stereocenters. The molecule has 1 saturated carbocycles. The largest absolute Gasteiger partial charge is 0.369 e. The molecule has 5 heteroatoms. The lowest BCUT2D eigenvalue weighted by atomic mass is 9.83. The molecule has 0 unspecified atom stereocenters. The van der Waals surface area contributed by atoms with Crippen LogP contribution < -0.4 is 5.73 Å². The van der Waals surface area contributed by atoms with Gasteiger partial charge in [-0.05, 0) is 19.8 Å². The highest BCUT2D eigenvalue weighted by molar-refractivity contribution is 5.79. The van der Waals surface area contributed by atoms with E-state index in [9.17, 15) is 8.78 Å². The summed E-state index contributed by atoms with van der Waals surface area (Å²) in [5.74, 6) is -0.977. The zero-order chi connectivity index (χ0) is 13.6. The fraction of sp³-hybridized carbons (Fsp3) is 0.500. The van der Waals surface area contributed by atoms with Crippen molar-refractivity contribution in [2.24, 2.45) is 0 Å². The topological polar surface area (TPSA) is 43.8 Å². The van der Waals surface area contributed by atoms with Gasteiger partial charge in [0.15, 0.2) is 5.82 Å². The number of hydrogen-bond donors (Lipinski definition) is 1. The first-order valence-corrected chi connectivity index (χ1v) is 6.65. The van der Waals surface area contributed by atoms with Crippen molar-refractivity contribution in [3.05, 3.63) is 23.8 Å². The van der Waals surface area contributed by atoms with Crippen molar-refractivity contribution in [1.29, 1.82) is 0 Å². The predicted octanol–water partition coefficient (Wildman–Crippen LogP) is 3.58. The number of anilines is 1. The molecule has 0 saturated heterocycles. The Labute approximate surface area is 110 Å². The average molecular weight is 265 g/mol. The van der Waals surface area contributed by atoms with Crippen molar-refractivity contribution in [3.63, 3.8) is 0 Å². The van der Waals surface area contributed by atoms with Gasteiger partial charge in [-0.1, -0.05) is 19.3 Å². The van der Waals surface area contributed by atoms with Crippen molar-refractivity contribution in [2.45, 2.75) is 44.6 Å². The molecule has 3 rings (SSSR count). The molecule has 3 nitrogen and oxygen atoms in total. The van der Waals surface area contributed by atoms with Crippen LogP contribution in [0, 0.1) is 11.6 Å². The Morgan fingerprint density at radius 1 is 1.21 bits per heavy atom. The molecular formula is C14H17F2N3. The number of rotatable bonds is 1. The van der Waals surface area contributed by atoms with Crippen LogP contribution in [-0.4, -0.2) is 9.55 Å². The standard InChI is InChI=1S/C14H17F2N3/c1-14(5-3-2-4-6-14)19-11-8-9(15)7-10(16)12(11)18-13(19)17/h7-8H,2-6H2,1H3,(H2,17,18). The predicted molar refractivity (Wildman–Crippen MR) is 70.8 cm³/mol. The molecule has 0 aliphatic heterocycles. The molecule has 19 heavy (non-hydrogen) atoms. The summed E-state index contributed by atoms with van der Waals surface area (Å²) in [6, 6.07) is 2.17. The Bertz CT molecular complexity index is 627. The van der Waals surface area contributed by atoms with Crippen LogP contribution in [0.4, 0.5) is 14.7 Å². The van der Waals surface area contributed by atoms with E-state index >= 15 is 0 Å². The van der Waals surface area contributed by atoms with E-state index in [1.54, 1.807) is 0 Å². The lowest BCUT2D eigenvalue weighted by molar-refractivity contribution is 0.228. The zero-order valence-corrected chi connectivity index (χ0v) is 10.9. The Morgan fingerprint density at radius 2 is 1.89 bits per heavy atom. The number of nitrogen functional groups attached to an aromatic ring is 1. The number of halogens is 2. The molecule has 1 aromatic heterocycles. The quantitative estimate of drug-likeness (QED) is 0.856. The number of hydrogen-bond acceptors (Lipinski definition) is 2. The van der Waals surface area contributed by atoms with Crippen LogP contribution in [0.25, 0.3) is 11.0 Å². The minimum atomic E-state index is -0.653. The van der Waals surface area contributed by atoms with Gasteiger partial charge in [0.2, 0.25) is 5.95 Å². The molecule has 0 bridgehead atoms. The molecule has 1 aromatic carbocycles. The number of nitrogens with two attached hydrogens (primary N) is 1. The van der Waals surface area contributed by atoms with Crippen LogP contribution in [0.3, 0.4) is 0 Å². The average Bonchev–Trinajstić information content (AvgIpc) is 2.67. The molecule has 0 amide bonds. The summed E-state index contributed by atoms with van der Waals surface area (Å²) >= 11 is 0. The third kappa shape index (κ3) is 1.88. The Balaban J connectivity index is 2.25. The Kier molecular flexibility index (Phi) is 2.73. The second-order valence-corrected chi connectivity index (χ2v) is 5.62. The maximum Gasteiger partial charge on any atom is 0.201 e. The molecule has 0 spiro atoms. The number of nitrogens with zero attached hydrogens (tertiary/aromatic N) is 2. The normalized spacial score (nSPS) is 18.9. The van der Waals surface area contributed by atoms with Crippen molar-refractivity contribution in [3.8, 4) is 0 Å². The molecule has 0 radical (unpaired) electrons. The highest BCUT2D eigenvalue weighted by atomic mass is 19.1. The molecular weight excluding hydrogens is 248 g/mol. The molecule has 2 aromatic rings. The minimum Gasteiger partial charge on any atom is -0.369 e. The zero-order valence-electron chi connectivity index (χ0n) is 10.9. The summed E-state index contributed by atoms with van der Waals surface area (Å²) in [5, 5.41) is 0. The van der Waals surface area contributed by atoms with Crippen LogP contribution in [-0.2, 0) is 5.54 Å². The van der Waals surface area contributed by atoms with E-state index in [0.29, 0.717) is 5.52 Å². The summed E-state index contributed by atoms with van der Waals surface area (Å²) in [4.78, 5) is 4.07. The third-order valence-electron chi connectivity index (χ3n) is 4.17. The van der Waals surface area contributed by atoms with Crippen LogP contribution >= 0.6 is 0 Å². The molecule has 1 aliphatic carbocycles. The second kappa shape index (κ2) is 4.18. The second-order valence-electron chi connectivity index (χ2n) is 5.62. The van der Waals surface area contributed by atoms with E-state index < -0.39 is 11.6 Å². The maximum atomic E-state index is 13.8. The van der Waals surface area contributed by atoms with E-state index in [2.05, 4.69) is 11.9 Å².